The van der Waals surface area contributed by atoms with Crippen molar-refractivity contribution in [2.45, 2.75) is 32.7 Å². The van der Waals surface area contributed by atoms with Gasteiger partial charge in [-0.25, -0.2) is 4.98 Å². The van der Waals surface area contributed by atoms with E-state index >= 15 is 0 Å². The van der Waals surface area contributed by atoms with Crippen molar-refractivity contribution >= 4 is 5.91 Å². The number of hydrogen-bond donors (Lipinski definition) is 0. The Labute approximate surface area is 118 Å². The summed E-state index contributed by atoms with van der Waals surface area (Å²) in [5.74, 6) is 1.07. The summed E-state index contributed by atoms with van der Waals surface area (Å²) in [7, 11) is 0. The van der Waals surface area contributed by atoms with Gasteiger partial charge in [-0.2, -0.15) is 0 Å². The fraction of sp³-hybridized carbons (Fsp3) is 0.467. The summed E-state index contributed by atoms with van der Waals surface area (Å²) >= 11 is 0. The van der Waals surface area contributed by atoms with Crippen molar-refractivity contribution in [3.05, 3.63) is 41.9 Å². The number of hydrogen-bond acceptors (Lipinski definition) is 3. The predicted molar refractivity (Wildman–Crippen MR) is 74.6 cm³/mol. The molecule has 1 amide bonds. The maximum Gasteiger partial charge on any atom is 0.257 e. The number of likely N-dealkylation sites (tertiary alicyclic amines) is 1. The lowest BCUT2D eigenvalue weighted by Gasteiger charge is -2.34. The Bertz CT molecular complexity index is 581. The largest absolute Gasteiger partial charge is 0.472 e. The lowest BCUT2D eigenvalue weighted by molar-refractivity contribution is 0.0676. The van der Waals surface area contributed by atoms with E-state index in [0.717, 1.165) is 37.4 Å². The van der Waals surface area contributed by atoms with Crippen LogP contribution in [0, 0.1) is 13.8 Å². The van der Waals surface area contributed by atoms with Crippen LogP contribution in [0.4, 0.5) is 0 Å². The highest BCUT2D eigenvalue weighted by molar-refractivity contribution is 5.93. The van der Waals surface area contributed by atoms with Gasteiger partial charge < -0.3 is 13.9 Å². The third kappa shape index (κ3) is 2.24. The monoisotopic (exact) mass is 273 g/mol. The molecule has 0 spiro atoms. The van der Waals surface area contributed by atoms with Crippen LogP contribution in [0.25, 0.3) is 0 Å². The molecule has 1 fully saturated rings. The van der Waals surface area contributed by atoms with E-state index in [0.29, 0.717) is 11.6 Å². The zero-order valence-electron chi connectivity index (χ0n) is 11.9. The van der Waals surface area contributed by atoms with Gasteiger partial charge >= 0.3 is 0 Å². The van der Waals surface area contributed by atoms with E-state index in [1.165, 1.54) is 6.26 Å². The first kappa shape index (κ1) is 13.0. The number of carbonyl (C=O) groups is 1. The van der Waals surface area contributed by atoms with Gasteiger partial charge in [0.05, 0.1) is 17.9 Å². The van der Waals surface area contributed by atoms with Crippen LogP contribution < -0.4 is 0 Å². The first-order valence-electron chi connectivity index (χ1n) is 6.98. The molecule has 2 aromatic rings. The highest BCUT2D eigenvalue weighted by atomic mass is 16.3. The minimum absolute atomic E-state index is 0.0545. The fourth-order valence-electron chi connectivity index (χ4n) is 3.04. The topological polar surface area (TPSA) is 51.3 Å². The third-order valence-corrected chi connectivity index (χ3v) is 3.98. The molecule has 0 saturated carbocycles. The minimum atomic E-state index is 0.0545. The number of piperidine rings is 1. The molecular formula is C15H19N3O2. The maximum atomic E-state index is 12.4. The molecule has 0 aliphatic carbocycles. The number of carbonyl (C=O) groups excluding carboxylic acids is 1. The van der Waals surface area contributed by atoms with Crippen molar-refractivity contribution in [3.8, 4) is 0 Å². The van der Waals surface area contributed by atoms with Gasteiger partial charge in [0.2, 0.25) is 0 Å². The maximum absolute atomic E-state index is 12.4. The average Bonchev–Trinajstić information content (AvgIpc) is 3.09. The van der Waals surface area contributed by atoms with Gasteiger partial charge in [-0.15, -0.1) is 0 Å². The zero-order chi connectivity index (χ0) is 14.1. The molecule has 0 bridgehead atoms. The van der Waals surface area contributed by atoms with Crippen LogP contribution >= 0.6 is 0 Å². The van der Waals surface area contributed by atoms with E-state index in [9.17, 15) is 4.79 Å². The van der Waals surface area contributed by atoms with Crippen molar-refractivity contribution in [2.75, 3.05) is 13.1 Å². The first-order valence-corrected chi connectivity index (χ1v) is 6.98. The number of nitrogens with zero attached hydrogens (tertiary/aromatic N) is 3. The van der Waals surface area contributed by atoms with E-state index in [1.807, 2.05) is 18.0 Å². The van der Waals surface area contributed by atoms with Crippen molar-refractivity contribution in [2.24, 2.45) is 0 Å². The molecule has 2 aromatic heterocycles. The van der Waals surface area contributed by atoms with Crippen molar-refractivity contribution in [1.82, 2.24) is 14.5 Å². The van der Waals surface area contributed by atoms with Gasteiger partial charge in [-0.1, -0.05) is 0 Å². The van der Waals surface area contributed by atoms with Crippen LogP contribution in [0.3, 0.4) is 0 Å². The average molecular weight is 273 g/mol. The Hall–Kier alpha value is -2.04. The molecular weight excluding hydrogens is 254 g/mol. The summed E-state index contributed by atoms with van der Waals surface area (Å²) in [6.45, 7) is 5.63. The lowest BCUT2D eigenvalue weighted by atomic mass is 10.0. The molecule has 5 heteroatoms. The van der Waals surface area contributed by atoms with Crippen molar-refractivity contribution < 1.29 is 9.21 Å². The summed E-state index contributed by atoms with van der Waals surface area (Å²) < 4.78 is 7.25. The number of rotatable bonds is 2. The molecule has 106 valence electrons. The SMILES string of the molecule is Cc1cnc(C)n1C1CCCN(C(=O)c2ccoc2)C1. The highest BCUT2D eigenvalue weighted by Crippen LogP contribution is 2.25. The number of aromatic nitrogens is 2. The second-order valence-electron chi connectivity index (χ2n) is 5.38. The Balaban J connectivity index is 1.79. The van der Waals surface area contributed by atoms with Crippen LogP contribution in [-0.2, 0) is 0 Å². The Morgan fingerprint density at radius 3 is 2.95 bits per heavy atom. The summed E-state index contributed by atoms with van der Waals surface area (Å²) in [5, 5.41) is 0. The zero-order valence-corrected chi connectivity index (χ0v) is 11.9. The summed E-state index contributed by atoms with van der Waals surface area (Å²) in [4.78, 5) is 18.7. The molecule has 0 radical (unpaired) electrons. The molecule has 1 unspecified atom stereocenters. The van der Waals surface area contributed by atoms with Crippen molar-refractivity contribution in [3.63, 3.8) is 0 Å². The van der Waals surface area contributed by atoms with Crippen LogP contribution in [0.15, 0.2) is 29.2 Å². The van der Waals surface area contributed by atoms with E-state index in [-0.39, 0.29) is 5.91 Å². The van der Waals surface area contributed by atoms with E-state index in [2.05, 4.69) is 16.5 Å². The van der Waals surface area contributed by atoms with Gasteiger partial charge in [-0.05, 0) is 32.8 Å². The van der Waals surface area contributed by atoms with E-state index in [4.69, 9.17) is 4.42 Å². The number of imidazole rings is 1. The van der Waals surface area contributed by atoms with Crippen LogP contribution in [-0.4, -0.2) is 33.4 Å². The predicted octanol–water partition coefficient (Wildman–Crippen LogP) is 2.57. The Kier molecular flexibility index (Phi) is 3.34. The lowest BCUT2D eigenvalue weighted by Crippen LogP contribution is -2.41. The van der Waals surface area contributed by atoms with E-state index < -0.39 is 0 Å². The van der Waals surface area contributed by atoms with Crippen LogP contribution in [0.1, 0.15) is 40.8 Å². The quantitative estimate of drug-likeness (QED) is 0.845. The second kappa shape index (κ2) is 5.15. The van der Waals surface area contributed by atoms with E-state index in [1.54, 1.807) is 12.3 Å². The standard InChI is InChI=1S/C15H19N3O2/c1-11-8-16-12(2)18(11)14-4-3-6-17(9-14)15(19)13-5-7-20-10-13/h5,7-8,10,14H,3-4,6,9H2,1-2H3. The Morgan fingerprint density at radius 1 is 1.45 bits per heavy atom. The smallest absolute Gasteiger partial charge is 0.257 e. The number of furan rings is 1. The Morgan fingerprint density at radius 2 is 2.30 bits per heavy atom. The fourth-order valence-corrected chi connectivity index (χ4v) is 3.04. The summed E-state index contributed by atoms with van der Waals surface area (Å²) in [6, 6.07) is 2.04. The first-order chi connectivity index (χ1) is 9.66. The normalized spacial score (nSPS) is 19.3. The van der Waals surface area contributed by atoms with Gasteiger partial charge in [0, 0.05) is 25.0 Å². The molecule has 1 saturated heterocycles. The minimum Gasteiger partial charge on any atom is -0.472 e. The molecule has 0 N–H and O–H groups in total. The number of amides is 1. The molecule has 0 aromatic carbocycles. The van der Waals surface area contributed by atoms with Gasteiger partial charge in [-0.3, -0.25) is 4.79 Å². The van der Waals surface area contributed by atoms with Crippen LogP contribution in [0.5, 0.6) is 0 Å². The summed E-state index contributed by atoms with van der Waals surface area (Å²) in [6.07, 6.45) is 7.06. The molecule has 20 heavy (non-hydrogen) atoms. The highest BCUT2D eigenvalue weighted by Gasteiger charge is 2.27. The molecule has 1 aliphatic heterocycles. The van der Waals surface area contributed by atoms with Crippen LogP contribution in [0.2, 0.25) is 0 Å². The molecule has 3 heterocycles. The number of aryl methyl sites for hydroxylation is 2. The van der Waals surface area contributed by atoms with Crippen molar-refractivity contribution in [1.29, 1.82) is 0 Å². The van der Waals surface area contributed by atoms with Gasteiger partial charge in [0.1, 0.15) is 12.1 Å². The van der Waals surface area contributed by atoms with Gasteiger partial charge in [0.25, 0.3) is 5.91 Å². The summed E-state index contributed by atoms with van der Waals surface area (Å²) in [5.41, 5.74) is 1.79. The molecule has 5 nitrogen and oxygen atoms in total. The van der Waals surface area contributed by atoms with Gasteiger partial charge in [0.15, 0.2) is 0 Å². The second-order valence-corrected chi connectivity index (χ2v) is 5.38. The molecule has 3 rings (SSSR count). The molecule has 1 aliphatic rings. The third-order valence-electron chi connectivity index (χ3n) is 3.98. The molecule has 1 atom stereocenters.